The number of anilines is 1. The summed E-state index contributed by atoms with van der Waals surface area (Å²) in [7, 11) is 0. The van der Waals surface area contributed by atoms with Crippen LogP contribution in [-0.4, -0.2) is 10.1 Å². The van der Waals surface area contributed by atoms with Crippen molar-refractivity contribution in [1.29, 1.82) is 0 Å². The number of aromatic nitrogens is 1. The summed E-state index contributed by atoms with van der Waals surface area (Å²) >= 11 is 3.24. The summed E-state index contributed by atoms with van der Waals surface area (Å²) in [5, 5.41) is 12.3. The zero-order valence-corrected chi connectivity index (χ0v) is 10.7. The summed E-state index contributed by atoms with van der Waals surface area (Å²) in [6.07, 6.45) is 3.14. The van der Waals surface area contributed by atoms with Crippen LogP contribution in [0.2, 0.25) is 0 Å². The molecule has 0 aliphatic carbocycles. The molecule has 3 nitrogen and oxygen atoms in total. The second kappa shape index (κ2) is 5.30. The van der Waals surface area contributed by atoms with E-state index in [-0.39, 0.29) is 17.9 Å². The molecule has 0 radical (unpaired) electrons. The van der Waals surface area contributed by atoms with E-state index in [0.717, 1.165) is 16.6 Å². The standard InChI is InChI=1S/C12H9BrF2N2O/c13-7-3-8(5-16-4-7)17-6-9-11(18)2-1-10(14)12(9)15/h1-5,17-18H,6H2. The third-order valence-electron chi connectivity index (χ3n) is 2.35. The first-order chi connectivity index (χ1) is 8.58. The fraction of sp³-hybridized carbons (Fsp3) is 0.0833. The van der Waals surface area contributed by atoms with Gasteiger partial charge >= 0.3 is 0 Å². The van der Waals surface area contributed by atoms with Gasteiger partial charge in [0.05, 0.1) is 17.4 Å². The lowest BCUT2D eigenvalue weighted by molar-refractivity contribution is 0.443. The number of nitrogens with zero attached hydrogens (tertiary/aromatic N) is 1. The number of nitrogens with one attached hydrogen (secondary N) is 1. The molecule has 0 atom stereocenters. The molecule has 94 valence electrons. The van der Waals surface area contributed by atoms with E-state index in [0.29, 0.717) is 5.69 Å². The molecule has 2 aromatic rings. The van der Waals surface area contributed by atoms with Crippen molar-refractivity contribution in [2.75, 3.05) is 5.32 Å². The third-order valence-corrected chi connectivity index (χ3v) is 2.78. The van der Waals surface area contributed by atoms with Gasteiger partial charge in [-0.15, -0.1) is 0 Å². The topological polar surface area (TPSA) is 45.1 Å². The van der Waals surface area contributed by atoms with Crippen LogP contribution in [0, 0.1) is 11.6 Å². The summed E-state index contributed by atoms with van der Waals surface area (Å²) in [4.78, 5) is 3.92. The van der Waals surface area contributed by atoms with Crippen molar-refractivity contribution in [3.05, 3.63) is 52.3 Å². The molecule has 2 rings (SSSR count). The monoisotopic (exact) mass is 314 g/mol. The number of rotatable bonds is 3. The molecule has 0 amide bonds. The second-order valence-corrected chi connectivity index (χ2v) is 4.52. The van der Waals surface area contributed by atoms with E-state index in [2.05, 4.69) is 26.2 Å². The fourth-order valence-corrected chi connectivity index (χ4v) is 1.81. The van der Waals surface area contributed by atoms with E-state index in [1.165, 1.54) is 0 Å². The van der Waals surface area contributed by atoms with Gasteiger partial charge in [0.15, 0.2) is 11.6 Å². The summed E-state index contributed by atoms with van der Waals surface area (Å²) in [5.74, 6) is -2.33. The Morgan fingerprint density at radius 2 is 2.06 bits per heavy atom. The lowest BCUT2D eigenvalue weighted by Gasteiger charge is -2.09. The predicted octanol–water partition coefficient (Wildman–Crippen LogP) is 3.44. The van der Waals surface area contributed by atoms with Crippen molar-refractivity contribution in [1.82, 2.24) is 4.98 Å². The molecule has 0 aliphatic rings. The Bertz CT molecular complexity index is 578. The van der Waals surface area contributed by atoms with Gasteiger partial charge < -0.3 is 10.4 Å². The van der Waals surface area contributed by atoms with Gasteiger partial charge in [0.2, 0.25) is 0 Å². The van der Waals surface area contributed by atoms with Gasteiger partial charge in [-0.1, -0.05) is 0 Å². The molecule has 18 heavy (non-hydrogen) atoms. The highest BCUT2D eigenvalue weighted by Crippen LogP contribution is 2.24. The van der Waals surface area contributed by atoms with E-state index >= 15 is 0 Å². The van der Waals surface area contributed by atoms with Crippen LogP contribution in [0.25, 0.3) is 0 Å². The van der Waals surface area contributed by atoms with E-state index in [4.69, 9.17) is 0 Å². The smallest absolute Gasteiger partial charge is 0.167 e. The van der Waals surface area contributed by atoms with Gasteiger partial charge in [0, 0.05) is 17.2 Å². The Labute approximate surface area is 111 Å². The van der Waals surface area contributed by atoms with Crippen LogP contribution in [0.3, 0.4) is 0 Å². The summed E-state index contributed by atoms with van der Waals surface area (Å²) in [6.45, 7) is -0.0342. The number of pyridine rings is 1. The minimum absolute atomic E-state index is 0.0342. The molecule has 1 aromatic carbocycles. The maximum atomic E-state index is 13.4. The first kappa shape index (κ1) is 12.8. The highest BCUT2D eigenvalue weighted by molar-refractivity contribution is 9.10. The Morgan fingerprint density at radius 3 is 2.78 bits per heavy atom. The minimum Gasteiger partial charge on any atom is -0.507 e. The molecule has 1 heterocycles. The van der Waals surface area contributed by atoms with Gasteiger partial charge in [-0.3, -0.25) is 4.98 Å². The molecule has 0 saturated carbocycles. The van der Waals surface area contributed by atoms with Crippen LogP contribution in [0.15, 0.2) is 35.1 Å². The number of benzene rings is 1. The Balaban J connectivity index is 2.18. The zero-order valence-electron chi connectivity index (χ0n) is 9.12. The Kier molecular flexibility index (Phi) is 3.76. The SMILES string of the molecule is Oc1ccc(F)c(F)c1CNc1cncc(Br)c1. The van der Waals surface area contributed by atoms with Crippen molar-refractivity contribution in [3.63, 3.8) is 0 Å². The number of phenolic OH excluding ortho intramolecular Hbond substituents is 1. The average molecular weight is 315 g/mol. The molecule has 1 aromatic heterocycles. The molecule has 0 spiro atoms. The van der Waals surface area contributed by atoms with Crippen molar-refractivity contribution in [2.45, 2.75) is 6.54 Å². The maximum absolute atomic E-state index is 13.4. The number of hydrogen-bond donors (Lipinski definition) is 2. The second-order valence-electron chi connectivity index (χ2n) is 3.60. The third kappa shape index (κ3) is 2.76. The first-order valence-corrected chi connectivity index (χ1v) is 5.87. The summed E-state index contributed by atoms with van der Waals surface area (Å²) < 4.78 is 27.2. The van der Waals surface area contributed by atoms with Gasteiger partial charge in [-0.05, 0) is 34.1 Å². The number of aromatic hydroxyl groups is 1. The van der Waals surface area contributed by atoms with E-state index in [9.17, 15) is 13.9 Å². The highest BCUT2D eigenvalue weighted by Gasteiger charge is 2.12. The molecule has 2 N–H and O–H groups in total. The zero-order chi connectivity index (χ0) is 13.1. The van der Waals surface area contributed by atoms with Crippen molar-refractivity contribution in [2.24, 2.45) is 0 Å². The van der Waals surface area contributed by atoms with Crippen molar-refractivity contribution in [3.8, 4) is 5.75 Å². The number of phenols is 1. The average Bonchev–Trinajstić information content (AvgIpc) is 2.34. The first-order valence-electron chi connectivity index (χ1n) is 5.08. The van der Waals surface area contributed by atoms with Crippen LogP contribution in [-0.2, 0) is 6.54 Å². The summed E-state index contributed by atoms with van der Waals surface area (Å²) in [6, 6.07) is 3.74. The fourth-order valence-electron chi connectivity index (χ4n) is 1.45. The van der Waals surface area contributed by atoms with E-state index in [1.54, 1.807) is 18.5 Å². The van der Waals surface area contributed by atoms with Gasteiger partial charge in [-0.2, -0.15) is 0 Å². The van der Waals surface area contributed by atoms with Crippen LogP contribution >= 0.6 is 15.9 Å². The van der Waals surface area contributed by atoms with Crippen LogP contribution < -0.4 is 5.32 Å². The molecular formula is C12H9BrF2N2O. The minimum atomic E-state index is -1.05. The molecular weight excluding hydrogens is 306 g/mol. The Morgan fingerprint density at radius 1 is 1.28 bits per heavy atom. The largest absolute Gasteiger partial charge is 0.507 e. The molecule has 0 saturated heterocycles. The van der Waals surface area contributed by atoms with E-state index < -0.39 is 11.6 Å². The van der Waals surface area contributed by atoms with Gasteiger partial charge in [-0.25, -0.2) is 8.78 Å². The Hall–Kier alpha value is -1.69. The lowest BCUT2D eigenvalue weighted by atomic mass is 10.1. The predicted molar refractivity (Wildman–Crippen MR) is 67.3 cm³/mol. The van der Waals surface area contributed by atoms with Gasteiger partial charge in [0.1, 0.15) is 5.75 Å². The maximum Gasteiger partial charge on any atom is 0.167 e. The number of halogens is 3. The van der Waals surface area contributed by atoms with Crippen molar-refractivity contribution < 1.29 is 13.9 Å². The van der Waals surface area contributed by atoms with E-state index in [1.807, 2.05) is 0 Å². The quantitative estimate of drug-likeness (QED) is 0.912. The van der Waals surface area contributed by atoms with Crippen LogP contribution in [0.5, 0.6) is 5.75 Å². The van der Waals surface area contributed by atoms with Crippen LogP contribution in [0.1, 0.15) is 5.56 Å². The molecule has 0 fully saturated rings. The molecule has 0 bridgehead atoms. The van der Waals surface area contributed by atoms with Crippen molar-refractivity contribution >= 4 is 21.6 Å². The normalized spacial score (nSPS) is 10.4. The van der Waals surface area contributed by atoms with Crippen LogP contribution in [0.4, 0.5) is 14.5 Å². The summed E-state index contributed by atoms with van der Waals surface area (Å²) in [5.41, 5.74) is 0.516. The van der Waals surface area contributed by atoms with Gasteiger partial charge in [0.25, 0.3) is 0 Å². The lowest BCUT2D eigenvalue weighted by Crippen LogP contribution is -2.04. The number of hydrogen-bond acceptors (Lipinski definition) is 3. The molecule has 0 aliphatic heterocycles. The molecule has 6 heteroatoms. The highest BCUT2D eigenvalue weighted by atomic mass is 79.9. The molecule has 0 unspecified atom stereocenters.